The lowest BCUT2D eigenvalue weighted by Gasteiger charge is -2.23. The van der Waals surface area contributed by atoms with Crippen LogP contribution in [0.25, 0.3) is 61.3 Å². The van der Waals surface area contributed by atoms with Crippen molar-refractivity contribution in [3.05, 3.63) is 114 Å². The summed E-state index contributed by atoms with van der Waals surface area (Å²) in [5.74, 6) is 0.361. The number of para-hydroxylation sites is 1. The van der Waals surface area contributed by atoms with E-state index >= 15 is 0 Å². The molecule has 4 aromatic carbocycles. The molecule has 0 N–H and O–H groups in total. The van der Waals surface area contributed by atoms with Gasteiger partial charge in [0.05, 0.1) is 22.3 Å². The van der Waals surface area contributed by atoms with Crippen LogP contribution in [0.4, 0.5) is 4.39 Å². The predicted molar refractivity (Wildman–Crippen MR) is 160 cm³/mol. The molecule has 0 aliphatic heterocycles. The van der Waals surface area contributed by atoms with Crippen molar-refractivity contribution in [2.45, 2.75) is 33.1 Å². The monoisotopic (exact) mass is 525 g/mol. The Morgan fingerprint density at radius 1 is 0.825 bits per heavy atom. The van der Waals surface area contributed by atoms with Gasteiger partial charge in [0.25, 0.3) is 0 Å². The SMILES string of the molecule is Cc1cnc2c(c1)oc1c(-c3nc4cc(F)ccc4n3-c3ccc(C(C)(C)C)cc3-c3ccccc3)cccc12. The van der Waals surface area contributed by atoms with Crippen molar-refractivity contribution < 1.29 is 8.81 Å². The molecule has 0 atom stereocenters. The third-order valence-corrected chi connectivity index (χ3v) is 7.52. The van der Waals surface area contributed by atoms with Crippen molar-refractivity contribution in [3.8, 4) is 28.2 Å². The predicted octanol–water partition coefficient (Wildman–Crippen LogP) is 9.40. The van der Waals surface area contributed by atoms with Gasteiger partial charge in [-0.25, -0.2) is 9.37 Å². The second-order valence-corrected chi connectivity index (χ2v) is 11.4. The zero-order valence-corrected chi connectivity index (χ0v) is 22.9. The van der Waals surface area contributed by atoms with Crippen LogP contribution in [0.15, 0.2) is 102 Å². The lowest BCUT2D eigenvalue weighted by Crippen LogP contribution is -2.12. The van der Waals surface area contributed by atoms with Gasteiger partial charge < -0.3 is 4.42 Å². The number of hydrogen-bond donors (Lipinski definition) is 0. The zero-order chi connectivity index (χ0) is 27.6. The maximum absolute atomic E-state index is 14.5. The van der Waals surface area contributed by atoms with Crippen LogP contribution in [0.5, 0.6) is 0 Å². The van der Waals surface area contributed by atoms with Crippen LogP contribution in [0.3, 0.4) is 0 Å². The van der Waals surface area contributed by atoms with Gasteiger partial charge in [-0.3, -0.25) is 9.55 Å². The van der Waals surface area contributed by atoms with Gasteiger partial charge in [0, 0.05) is 23.2 Å². The fourth-order valence-electron chi connectivity index (χ4n) is 5.47. The van der Waals surface area contributed by atoms with Crippen LogP contribution in [0.1, 0.15) is 31.9 Å². The Bertz CT molecular complexity index is 2060. The molecule has 3 heterocycles. The smallest absolute Gasteiger partial charge is 0.154 e. The summed E-state index contributed by atoms with van der Waals surface area (Å²) < 4.78 is 23.0. The van der Waals surface area contributed by atoms with E-state index in [-0.39, 0.29) is 11.2 Å². The molecule has 5 heteroatoms. The molecule has 0 unspecified atom stereocenters. The molecule has 0 amide bonds. The summed E-state index contributed by atoms with van der Waals surface area (Å²) in [6, 6.07) is 29.8. The third kappa shape index (κ3) is 3.89. The number of hydrogen-bond acceptors (Lipinski definition) is 3. The van der Waals surface area contributed by atoms with Crippen LogP contribution in [0, 0.1) is 12.7 Å². The summed E-state index contributed by atoms with van der Waals surface area (Å²) in [6.45, 7) is 8.65. The minimum atomic E-state index is -0.323. The molecule has 0 fully saturated rings. The highest BCUT2D eigenvalue weighted by Crippen LogP contribution is 2.40. The van der Waals surface area contributed by atoms with Crippen molar-refractivity contribution in [2.24, 2.45) is 0 Å². The highest BCUT2D eigenvalue weighted by molar-refractivity contribution is 6.07. The Balaban J connectivity index is 1.58. The molecular formula is C35H28FN3O. The van der Waals surface area contributed by atoms with Crippen molar-refractivity contribution in [1.82, 2.24) is 14.5 Å². The first-order valence-electron chi connectivity index (χ1n) is 13.4. The van der Waals surface area contributed by atoms with Crippen molar-refractivity contribution in [2.75, 3.05) is 0 Å². The molecule has 0 aliphatic rings. The summed E-state index contributed by atoms with van der Waals surface area (Å²) in [7, 11) is 0. The van der Waals surface area contributed by atoms with E-state index < -0.39 is 0 Å². The Kier molecular flexibility index (Phi) is 5.39. The molecule has 196 valence electrons. The molecule has 7 aromatic rings. The number of furan rings is 1. The van der Waals surface area contributed by atoms with Gasteiger partial charge in [-0.2, -0.15) is 0 Å². The topological polar surface area (TPSA) is 43.9 Å². The minimum absolute atomic E-state index is 0.0317. The summed E-state index contributed by atoms with van der Waals surface area (Å²) in [4.78, 5) is 9.66. The van der Waals surface area contributed by atoms with Gasteiger partial charge in [0.2, 0.25) is 0 Å². The van der Waals surface area contributed by atoms with Crippen LogP contribution in [-0.2, 0) is 5.41 Å². The number of aromatic nitrogens is 3. The van der Waals surface area contributed by atoms with Gasteiger partial charge in [0.15, 0.2) is 5.58 Å². The summed E-state index contributed by atoms with van der Waals surface area (Å²) in [5, 5.41) is 0.920. The van der Waals surface area contributed by atoms with E-state index in [1.54, 1.807) is 6.07 Å². The number of imidazole rings is 1. The van der Waals surface area contributed by atoms with Gasteiger partial charge >= 0.3 is 0 Å². The molecule has 0 bridgehead atoms. The number of aryl methyl sites for hydroxylation is 1. The maximum Gasteiger partial charge on any atom is 0.154 e. The van der Waals surface area contributed by atoms with Crippen molar-refractivity contribution in [3.63, 3.8) is 0 Å². The average molecular weight is 526 g/mol. The molecule has 7 rings (SSSR count). The first-order valence-corrected chi connectivity index (χ1v) is 13.4. The second kappa shape index (κ2) is 8.88. The Morgan fingerprint density at radius 2 is 1.65 bits per heavy atom. The van der Waals surface area contributed by atoms with Crippen LogP contribution >= 0.6 is 0 Å². The Morgan fingerprint density at radius 3 is 2.45 bits per heavy atom. The van der Waals surface area contributed by atoms with Gasteiger partial charge in [-0.05, 0) is 71.5 Å². The zero-order valence-electron chi connectivity index (χ0n) is 22.9. The molecule has 0 saturated heterocycles. The fraction of sp³-hybridized carbons (Fsp3) is 0.143. The van der Waals surface area contributed by atoms with Crippen molar-refractivity contribution in [1.29, 1.82) is 0 Å². The molecule has 0 saturated carbocycles. The molecule has 0 aliphatic carbocycles. The Labute approximate surface area is 231 Å². The maximum atomic E-state index is 14.5. The highest BCUT2D eigenvalue weighted by Gasteiger charge is 2.23. The quantitative estimate of drug-likeness (QED) is 0.231. The van der Waals surface area contributed by atoms with E-state index in [4.69, 9.17) is 9.40 Å². The molecule has 3 aromatic heterocycles. The van der Waals surface area contributed by atoms with E-state index in [0.29, 0.717) is 16.9 Å². The van der Waals surface area contributed by atoms with E-state index in [2.05, 4.69) is 72.8 Å². The summed E-state index contributed by atoms with van der Waals surface area (Å²) in [6.07, 6.45) is 1.85. The van der Waals surface area contributed by atoms with E-state index in [9.17, 15) is 4.39 Å². The average Bonchev–Trinajstić information content (AvgIpc) is 3.50. The van der Waals surface area contributed by atoms with E-state index in [1.165, 1.54) is 17.7 Å². The van der Waals surface area contributed by atoms with Crippen LogP contribution < -0.4 is 0 Å². The van der Waals surface area contributed by atoms with Crippen LogP contribution in [0.2, 0.25) is 0 Å². The third-order valence-electron chi connectivity index (χ3n) is 7.52. The lowest BCUT2D eigenvalue weighted by atomic mass is 9.85. The van der Waals surface area contributed by atoms with Gasteiger partial charge in [0.1, 0.15) is 22.7 Å². The fourth-order valence-corrected chi connectivity index (χ4v) is 5.47. The number of pyridine rings is 1. The standard InChI is InChI=1S/C35H28FN3O/c1-21-17-31-32(37-20-21)25-11-8-12-26(33(25)40-31)34-38-28-19-24(36)14-16-30(28)39(34)29-15-13-23(35(2,3)4)18-27(29)22-9-6-5-7-10-22/h5-20H,1-4H3. The highest BCUT2D eigenvalue weighted by atomic mass is 19.1. The normalized spacial score (nSPS) is 12.1. The van der Waals surface area contributed by atoms with E-state index in [1.807, 2.05) is 43.5 Å². The number of halogens is 1. The van der Waals surface area contributed by atoms with Crippen molar-refractivity contribution >= 4 is 33.1 Å². The van der Waals surface area contributed by atoms with E-state index in [0.717, 1.165) is 49.9 Å². The number of benzene rings is 4. The molecule has 0 radical (unpaired) electrons. The summed E-state index contributed by atoms with van der Waals surface area (Å²) in [5.41, 5.74) is 9.84. The largest absolute Gasteiger partial charge is 0.454 e. The van der Waals surface area contributed by atoms with Crippen LogP contribution in [-0.4, -0.2) is 14.5 Å². The first-order chi connectivity index (χ1) is 19.3. The first kappa shape index (κ1) is 24.3. The molecule has 4 nitrogen and oxygen atoms in total. The second-order valence-electron chi connectivity index (χ2n) is 11.4. The number of rotatable bonds is 3. The molecule has 40 heavy (non-hydrogen) atoms. The molecular weight excluding hydrogens is 497 g/mol. The number of nitrogens with zero attached hydrogens (tertiary/aromatic N) is 3. The van der Waals surface area contributed by atoms with Gasteiger partial charge in [-0.1, -0.05) is 63.2 Å². The minimum Gasteiger partial charge on any atom is -0.454 e. The lowest BCUT2D eigenvalue weighted by molar-refractivity contribution is 0.590. The number of fused-ring (bicyclic) bond motifs is 4. The summed E-state index contributed by atoms with van der Waals surface area (Å²) >= 11 is 0. The Hall–Kier alpha value is -4.77. The van der Waals surface area contributed by atoms with Gasteiger partial charge in [-0.15, -0.1) is 0 Å². The molecule has 0 spiro atoms.